The molecule has 8 nitrogen and oxygen atoms in total. The van der Waals surface area contributed by atoms with E-state index in [1.807, 2.05) is 13.0 Å². The van der Waals surface area contributed by atoms with E-state index in [0.717, 1.165) is 23.3 Å². The third kappa shape index (κ3) is 6.81. The Balaban J connectivity index is 1.97. The molecule has 2 aromatic carbocycles. The molecule has 3 aromatic rings. The second-order valence-electron chi connectivity index (χ2n) is 8.85. The first kappa shape index (κ1) is 28.5. The van der Waals surface area contributed by atoms with Crippen molar-refractivity contribution in [2.45, 2.75) is 19.6 Å². The van der Waals surface area contributed by atoms with Crippen LogP contribution in [0.1, 0.15) is 32.6 Å². The molecular formula is C27H31F3N6O2. The van der Waals surface area contributed by atoms with Gasteiger partial charge in [-0.1, -0.05) is 6.07 Å². The highest BCUT2D eigenvalue weighted by atomic mass is 19.4. The molecule has 1 aromatic heterocycles. The summed E-state index contributed by atoms with van der Waals surface area (Å²) in [4.78, 5) is 19.0. The van der Waals surface area contributed by atoms with Gasteiger partial charge in [-0.15, -0.1) is 0 Å². The summed E-state index contributed by atoms with van der Waals surface area (Å²) in [5.41, 5.74) is 2.34. The maximum atomic E-state index is 13.6. The molecule has 1 amide bonds. The smallest absolute Gasteiger partial charge is 0.416 e. The second kappa shape index (κ2) is 12.0. The van der Waals surface area contributed by atoms with Crippen molar-refractivity contribution in [3.05, 3.63) is 88.9 Å². The van der Waals surface area contributed by atoms with E-state index in [4.69, 9.17) is 10.6 Å². The first-order valence-electron chi connectivity index (χ1n) is 11.6. The number of halogens is 3. The number of amides is 1. The summed E-state index contributed by atoms with van der Waals surface area (Å²) in [5, 5.41) is 7.02. The van der Waals surface area contributed by atoms with Crippen LogP contribution >= 0.6 is 0 Å². The van der Waals surface area contributed by atoms with E-state index in [1.54, 1.807) is 68.9 Å². The Kier molecular flexibility index (Phi) is 8.97. The molecule has 0 unspecified atom stereocenters. The minimum atomic E-state index is -4.60. The van der Waals surface area contributed by atoms with Crippen molar-refractivity contribution < 1.29 is 22.7 Å². The Labute approximate surface area is 219 Å². The molecule has 0 radical (unpaired) electrons. The molecule has 0 spiro atoms. The Morgan fingerprint density at radius 2 is 1.89 bits per heavy atom. The minimum Gasteiger partial charge on any atom is -0.494 e. The number of hydrazine groups is 1. The number of benzene rings is 2. The number of rotatable bonds is 9. The van der Waals surface area contributed by atoms with E-state index in [-0.39, 0.29) is 23.5 Å². The van der Waals surface area contributed by atoms with E-state index >= 15 is 0 Å². The molecule has 0 saturated carbocycles. The van der Waals surface area contributed by atoms with Crippen molar-refractivity contribution in [3.63, 3.8) is 0 Å². The number of hydrogen-bond acceptors (Lipinski definition) is 7. The summed E-state index contributed by atoms with van der Waals surface area (Å²) < 4.78 is 46.3. The number of aryl methyl sites for hydroxylation is 1. The topological polar surface area (TPSA) is 95.8 Å². The van der Waals surface area contributed by atoms with Gasteiger partial charge in [-0.05, 0) is 63.0 Å². The predicted octanol–water partition coefficient (Wildman–Crippen LogP) is 4.63. The van der Waals surface area contributed by atoms with Gasteiger partial charge in [0.1, 0.15) is 5.75 Å². The molecule has 38 heavy (non-hydrogen) atoms. The number of methoxy groups -OCH3 is 1. The van der Waals surface area contributed by atoms with Gasteiger partial charge >= 0.3 is 6.18 Å². The zero-order valence-electron chi connectivity index (χ0n) is 21.8. The van der Waals surface area contributed by atoms with E-state index in [9.17, 15) is 18.0 Å². The summed E-state index contributed by atoms with van der Waals surface area (Å²) in [5.74, 6) is 5.87. The van der Waals surface area contributed by atoms with Crippen molar-refractivity contribution in [1.29, 1.82) is 0 Å². The number of carbonyl (C=O) groups excluding carboxylic acids is 1. The molecule has 3 rings (SSSR count). The van der Waals surface area contributed by atoms with Crippen molar-refractivity contribution >= 4 is 23.0 Å². The number of carbonyl (C=O) groups is 1. The van der Waals surface area contributed by atoms with Crippen molar-refractivity contribution in [2.24, 2.45) is 5.84 Å². The summed E-state index contributed by atoms with van der Waals surface area (Å²) in [7, 11) is 6.55. The molecule has 1 heterocycles. The third-order valence-corrected chi connectivity index (χ3v) is 5.69. The number of nitrogens with two attached hydrogens (primary N) is 1. The van der Waals surface area contributed by atoms with Crippen molar-refractivity contribution in [2.75, 3.05) is 38.6 Å². The molecule has 0 aliphatic rings. The first-order chi connectivity index (χ1) is 17.9. The van der Waals surface area contributed by atoms with Crippen LogP contribution in [0.4, 0.5) is 24.5 Å². The number of hydrogen-bond donors (Lipinski definition) is 3. The average molecular weight is 529 g/mol. The van der Waals surface area contributed by atoms with E-state index in [0.29, 0.717) is 16.9 Å². The SMILES string of the molecule is CN/C(=C\N(N)c1cc(C(=O)Nc2cc(C(F)(F)F)cc(CN(C)C)c2OC)ccc1C)c1cccnc1. The van der Waals surface area contributed by atoms with Gasteiger partial charge < -0.3 is 20.3 Å². The Morgan fingerprint density at radius 1 is 1.16 bits per heavy atom. The number of pyridine rings is 1. The van der Waals surface area contributed by atoms with E-state index in [2.05, 4.69) is 15.6 Å². The third-order valence-electron chi connectivity index (χ3n) is 5.69. The van der Waals surface area contributed by atoms with Gasteiger partial charge in [-0.2, -0.15) is 13.2 Å². The quantitative estimate of drug-likeness (QED) is 0.275. The molecule has 0 aliphatic heterocycles. The first-order valence-corrected chi connectivity index (χ1v) is 11.6. The zero-order chi connectivity index (χ0) is 28.0. The molecule has 202 valence electrons. The number of aromatic nitrogens is 1. The fourth-order valence-electron chi connectivity index (χ4n) is 3.88. The average Bonchev–Trinajstić information content (AvgIpc) is 2.86. The van der Waals surface area contributed by atoms with Gasteiger partial charge in [-0.25, -0.2) is 5.84 Å². The van der Waals surface area contributed by atoms with Crippen LogP contribution in [0.5, 0.6) is 5.75 Å². The molecule has 0 aliphatic carbocycles. The van der Waals surface area contributed by atoms with Crippen molar-refractivity contribution in [1.82, 2.24) is 15.2 Å². The summed E-state index contributed by atoms with van der Waals surface area (Å²) in [6.07, 6.45) is 0.395. The maximum Gasteiger partial charge on any atom is 0.416 e. The molecule has 0 saturated heterocycles. The zero-order valence-corrected chi connectivity index (χ0v) is 21.8. The van der Waals surface area contributed by atoms with Crippen LogP contribution in [0.2, 0.25) is 0 Å². The van der Waals surface area contributed by atoms with Crippen LogP contribution < -0.4 is 26.2 Å². The molecule has 0 atom stereocenters. The summed E-state index contributed by atoms with van der Waals surface area (Å²) in [6, 6.07) is 10.4. The lowest BCUT2D eigenvalue weighted by atomic mass is 10.1. The highest BCUT2D eigenvalue weighted by molar-refractivity contribution is 6.06. The highest BCUT2D eigenvalue weighted by Crippen LogP contribution is 2.38. The highest BCUT2D eigenvalue weighted by Gasteiger charge is 2.33. The lowest BCUT2D eigenvalue weighted by Crippen LogP contribution is -2.27. The number of nitrogens with one attached hydrogen (secondary N) is 2. The normalized spacial score (nSPS) is 11.9. The standard InChI is InChI=1S/C27H31F3N6O2/c1-17-8-9-18(12-24(17)36(31)16-23(32-2)19-7-6-10-33-14-19)26(37)34-22-13-21(27(28,29)30)11-20(15-35(3)4)25(22)38-5/h6-14,16,32H,15,31H2,1-5H3,(H,34,37)/b23-16-. The minimum absolute atomic E-state index is 0.0788. The Morgan fingerprint density at radius 3 is 2.47 bits per heavy atom. The van der Waals surface area contributed by atoms with Gasteiger partial charge in [0.25, 0.3) is 5.91 Å². The van der Waals surface area contributed by atoms with Gasteiger partial charge in [-0.3, -0.25) is 14.8 Å². The molecule has 0 bridgehead atoms. The van der Waals surface area contributed by atoms with Crippen LogP contribution in [0, 0.1) is 6.92 Å². The van der Waals surface area contributed by atoms with Crippen LogP contribution in [-0.4, -0.2) is 44.0 Å². The number of alkyl halides is 3. The lowest BCUT2D eigenvalue weighted by molar-refractivity contribution is -0.137. The summed E-state index contributed by atoms with van der Waals surface area (Å²) in [6.45, 7) is 2.01. The maximum absolute atomic E-state index is 13.6. The monoisotopic (exact) mass is 528 g/mol. The van der Waals surface area contributed by atoms with E-state index in [1.165, 1.54) is 12.1 Å². The number of anilines is 2. The van der Waals surface area contributed by atoms with Gasteiger partial charge in [0.05, 0.1) is 29.7 Å². The summed E-state index contributed by atoms with van der Waals surface area (Å²) >= 11 is 0. The van der Waals surface area contributed by atoms with Gasteiger partial charge in [0.15, 0.2) is 0 Å². The Hall–Kier alpha value is -4.09. The lowest BCUT2D eigenvalue weighted by Gasteiger charge is -2.21. The second-order valence-corrected chi connectivity index (χ2v) is 8.85. The van der Waals surface area contributed by atoms with E-state index < -0.39 is 17.6 Å². The molecular weight excluding hydrogens is 497 g/mol. The van der Waals surface area contributed by atoms with Crippen molar-refractivity contribution in [3.8, 4) is 5.75 Å². The largest absolute Gasteiger partial charge is 0.494 e. The van der Waals surface area contributed by atoms with Crippen LogP contribution in [0.25, 0.3) is 5.70 Å². The molecule has 11 heteroatoms. The molecule has 4 N–H and O–H groups in total. The Bertz CT molecular complexity index is 1310. The van der Waals surface area contributed by atoms with Crippen LogP contribution in [0.3, 0.4) is 0 Å². The number of nitrogens with zero attached hydrogens (tertiary/aromatic N) is 3. The number of ether oxygens (including phenoxy) is 1. The predicted molar refractivity (Wildman–Crippen MR) is 142 cm³/mol. The van der Waals surface area contributed by atoms with Crippen LogP contribution in [-0.2, 0) is 12.7 Å². The fraction of sp³-hybridized carbons (Fsp3) is 0.259. The molecule has 0 fully saturated rings. The van der Waals surface area contributed by atoms with Gasteiger partial charge in [0, 0.05) is 48.9 Å². The fourth-order valence-corrected chi connectivity index (χ4v) is 3.88. The van der Waals surface area contributed by atoms with Crippen LogP contribution in [0.15, 0.2) is 61.1 Å². The van der Waals surface area contributed by atoms with Gasteiger partial charge in [0.2, 0.25) is 0 Å².